The maximum Gasteiger partial charge on any atom is 0.233 e. The van der Waals surface area contributed by atoms with Gasteiger partial charge in [-0.05, 0) is 17.7 Å². The van der Waals surface area contributed by atoms with Crippen molar-refractivity contribution in [1.29, 1.82) is 5.26 Å². The molecule has 1 amide bonds. The fraction of sp³-hybridized carbons (Fsp3) is 0.286. The van der Waals surface area contributed by atoms with Gasteiger partial charge in [-0.25, -0.2) is 4.68 Å². The molecule has 1 aromatic heterocycles. The van der Waals surface area contributed by atoms with Crippen molar-refractivity contribution < 1.29 is 4.79 Å². The van der Waals surface area contributed by atoms with E-state index in [2.05, 4.69) is 16.4 Å². The van der Waals surface area contributed by atoms with Crippen molar-refractivity contribution in [2.75, 3.05) is 12.8 Å². The smallest absolute Gasteiger partial charge is 0.233 e. The molecule has 1 saturated heterocycles. The quantitative estimate of drug-likeness (QED) is 0.856. The summed E-state index contributed by atoms with van der Waals surface area (Å²) >= 11 is 1.56. The van der Waals surface area contributed by atoms with Crippen LogP contribution in [0.25, 0.3) is 0 Å². The van der Waals surface area contributed by atoms with Gasteiger partial charge in [0.1, 0.15) is 11.1 Å². The van der Waals surface area contributed by atoms with E-state index in [0.29, 0.717) is 17.9 Å². The van der Waals surface area contributed by atoms with Gasteiger partial charge in [-0.1, -0.05) is 17.3 Å². The van der Waals surface area contributed by atoms with Crippen LogP contribution in [0, 0.1) is 11.3 Å². The third-order valence-corrected chi connectivity index (χ3v) is 4.63. The Morgan fingerprint density at radius 1 is 1.43 bits per heavy atom. The second kappa shape index (κ2) is 5.58. The molecule has 1 aliphatic heterocycles. The van der Waals surface area contributed by atoms with Gasteiger partial charge in [0.05, 0.1) is 30.1 Å². The van der Waals surface area contributed by atoms with E-state index < -0.39 is 0 Å². The molecule has 6 nitrogen and oxygen atoms in total. The number of nitriles is 1. The lowest BCUT2D eigenvalue weighted by molar-refractivity contribution is -0.126. The molecule has 1 atom stereocenters. The van der Waals surface area contributed by atoms with Crippen LogP contribution in [0.4, 0.5) is 0 Å². The number of benzene rings is 1. The Morgan fingerprint density at radius 2 is 2.19 bits per heavy atom. The summed E-state index contributed by atoms with van der Waals surface area (Å²) in [7, 11) is 1.78. The van der Waals surface area contributed by atoms with E-state index in [1.54, 1.807) is 40.5 Å². The van der Waals surface area contributed by atoms with Crippen LogP contribution in [0.1, 0.15) is 22.2 Å². The molecule has 0 radical (unpaired) electrons. The van der Waals surface area contributed by atoms with Crippen LogP contribution in [0.5, 0.6) is 0 Å². The number of carbonyl (C=O) groups is 1. The zero-order valence-electron chi connectivity index (χ0n) is 11.4. The van der Waals surface area contributed by atoms with Crippen molar-refractivity contribution in [3.63, 3.8) is 0 Å². The number of nitrogens with zero attached hydrogens (tertiary/aromatic N) is 5. The van der Waals surface area contributed by atoms with Gasteiger partial charge in [0.25, 0.3) is 0 Å². The average Bonchev–Trinajstić information content (AvgIpc) is 3.08. The summed E-state index contributed by atoms with van der Waals surface area (Å²) < 4.78 is 1.74. The number of amides is 1. The summed E-state index contributed by atoms with van der Waals surface area (Å²) in [5.74, 6) is 0.607. The van der Waals surface area contributed by atoms with Gasteiger partial charge >= 0.3 is 0 Å². The van der Waals surface area contributed by atoms with Crippen LogP contribution in [-0.2, 0) is 11.3 Å². The van der Waals surface area contributed by atoms with Crippen molar-refractivity contribution in [2.45, 2.75) is 11.9 Å². The molecule has 0 unspecified atom stereocenters. The van der Waals surface area contributed by atoms with Gasteiger partial charge in [0.2, 0.25) is 5.91 Å². The van der Waals surface area contributed by atoms with Crippen LogP contribution < -0.4 is 0 Å². The van der Waals surface area contributed by atoms with Gasteiger partial charge < -0.3 is 4.90 Å². The predicted octanol–water partition coefficient (Wildman–Crippen LogP) is 1.40. The molecule has 7 heteroatoms. The summed E-state index contributed by atoms with van der Waals surface area (Å²) in [6, 6.07) is 9.47. The SMILES string of the molecule is CN1C(=O)CS[C@H]1c1cn(Cc2ccc(C#N)cc2)nn1. The number of rotatable bonds is 3. The van der Waals surface area contributed by atoms with Crippen LogP contribution in [0.15, 0.2) is 30.5 Å². The highest BCUT2D eigenvalue weighted by Gasteiger charge is 2.31. The summed E-state index contributed by atoms with van der Waals surface area (Å²) in [5.41, 5.74) is 2.48. The Bertz CT molecular complexity index is 703. The highest BCUT2D eigenvalue weighted by atomic mass is 32.2. The number of carbonyl (C=O) groups excluding carboxylic acids is 1. The first-order chi connectivity index (χ1) is 10.2. The molecule has 0 N–H and O–H groups in total. The minimum absolute atomic E-state index is 0.0489. The maximum atomic E-state index is 11.5. The zero-order chi connectivity index (χ0) is 14.8. The van der Waals surface area contributed by atoms with Crippen molar-refractivity contribution >= 4 is 17.7 Å². The molecular formula is C14H13N5OS. The van der Waals surface area contributed by atoms with E-state index in [1.807, 2.05) is 18.3 Å². The van der Waals surface area contributed by atoms with Crippen LogP contribution >= 0.6 is 11.8 Å². The topological polar surface area (TPSA) is 74.8 Å². The van der Waals surface area contributed by atoms with Crippen molar-refractivity contribution in [1.82, 2.24) is 19.9 Å². The molecule has 21 heavy (non-hydrogen) atoms. The highest BCUT2D eigenvalue weighted by molar-refractivity contribution is 8.00. The lowest BCUT2D eigenvalue weighted by atomic mass is 10.1. The molecule has 1 aliphatic rings. The molecule has 2 aromatic rings. The first-order valence-electron chi connectivity index (χ1n) is 6.43. The number of hydrogen-bond acceptors (Lipinski definition) is 5. The fourth-order valence-corrected chi connectivity index (χ4v) is 3.28. The second-order valence-corrected chi connectivity index (χ2v) is 5.89. The molecule has 0 bridgehead atoms. The third-order valence-electron chi connectivity index (χ3n) is 3.35. The second-order valence-electron chi connectivity index (χ2n) is 4.82. The van der Waals surface area contributed by atoms with Crippen molar-refractivity contribution in [3.8, 4) is 6.07 Å². The van der Waals surface area contributed by atoms with E-state index in [1.165, 1.54) is 0 Å². The van der Waals surface area contributed by atoms with E-state index in [9.17, 15) is 4.79 Å². The Hall–Kier alpha value is -2.33. The predicted molar refractivity (Wildman–Crippen MR) is 78.3 cm³/mol. The molecule has 1 aromatic carbocycles. The molecule has 2 heterocycles. The summed E-state index contributed by atoms with van der Waals surface area (Å²) in [4.78, 5) is 13.2. The van der Waals surface area contributed by atoms with Crippen LogP contribution in [0.3, 0.4) is 0 Å². The van der Waals surface area contributed by atoms with Gasteiger partial charge in [0.15, 0.2) is 0 Å². The number of thioether (sulfide) groups is 1. The monoisotopic (exact) mass is 299 g/mol. The Labute approximate surface area is 126 Å². The van der Waals surface area contributed by atoms with Crippen molar-refractivity contribution in [3.05, 3.63) is 47.3 Å². The minimum Gasteiger partial charge on any atom is -0.327 e. The first-order valence-corrected chi connectivity index (χ1v) is 7.48. The fourth-order valence-electron chi connectivity index (χ4n) is 2.15. The Kier molecular flexibility index (Phi) is 3.62. The third kappa shape index (κ3) is 2.76. The summed E-state index contributed by atoms with van der Waals surface area (Å²) in [5, 5.41) is 17.0. The minimum atomic E-state index is -0.0489. The summed E-state index contributed by atoms with van der Waals surface area (Å²) in [6.07, 6.45) is 1.87. The highest BCUT2D eigenvalue weighted by Crippen LogP contribution is 2.35. The van der Waals surface area contributed by atoms with Gasteiger partial charge in [-0.2, -0.15) is 5.26 Å². The average molecular weight is 299 g/mol. The molecule has 0 aliphatic carbocycles. The Balaban J connectivity index is 1.73. The van der Waals surface area contributed by atoms with Gasteiger partial charge in [-0.15, -0.1) is 16.9 Å². The largest absolute Gasteiger partial charge is 0.327 e. The lowest BCUT2D eigenvalue weighted by Crippen LogP contribution is -2.23. The van der Waals surface area contributed by atoms with E-state index >= 15 is 0 Å². The summed E-state index contributed by atoms with van der Waals surface area (Å²) in [6.45, 7) is 0.591. The maximum absolute atomic E-state index is 11.5. The van der Waals surface area contributed by atoms with E-state index in [0.717, 1.165) is 11.3 Å². The molecule has 0 saturated carbocycles. The molecule has 1 fully saturated rings. The van der Waals surface area contributed by atoms with E-state index in [-0.39, 0.29) is 11.3 Å². The van der Waals surface area contributed by atoms with Crippen molar-refractivity contribution in [2.24, 2.45) is 0 Å². The van der Waals surface area contributed by atoms with Crippen LogP contribution in [-0.4, -0.2) is 38.6 Å². The zero-order valence-corrected chi connectivity index (χ0v) is 12.2. The number of hydrogen-bond donors (Lipinski definition) is 0. The van der Waals surface area contributed by atoms with Crippen LogP contribution in [0.2, 0.25) is 0 Å². The van der Waals surface area contributed by atoms with Gasteiger partial charge in [-0.3, -0.25) is 4.79 Å². The molecule has 3 rings (SSSR count). The molecular weight excluding hydrogens is 286 g/mol. The van der Waals surface area contributed by atoms with E-state index in [4.69, 9.17) is 5.26 Å². The van der Waals surface area contributed by atoms with Gasteiger partial charge in [0, 0.05) is 7.05 Å². The Morgan fingerprint density at radius 3 is 2.81 bits per heavy atom. The normalized spacial score (nSPS) is 18.0. The molecule has 0 spiro atoms. The lowest BCUT2D eigenvalue weighted by Gasteiger charge is -2.15. The number of aromatic nitrogens is 3. The first kappa shape index (κ1) is 13.6. The molecule has 106 valence electrons. The standard InChI is InChI=1S/C14H13N5OS/c1-18-13(20)9-21-14(18)12-8-19(17-16-12)7-11-4-2-10(6-15)3-5-11/h2-5,8,14H,7,9H2,1H3/t14-/m0/s1.